The molecule has 0 bridgehead atoms. The van der Waals surface area contributed by atoms with E-state index in [1.807, 2.05) is 0 Å². The molecule has 0 aromatic carbocycles. The molecule has 0 unspecified atom stereocenters. The van der Waals surface area contributed by atoms with Crippen LogP contribution in [-0.2, 0) is 14.3 Å². The van der Waals surface area contributed by atoms with Crippen molar-refractivity contribution < 1.29 is 27.5 Å². The van der Waals surface area contributed by atoms with Crippen molar-refractivity contribution in [2.24, 2.45) is 0 Å². The number of hydrogen-bond donors (Lipinski definition) is 0. The fourth-order valence-corrected chi connectivity index (χ4v) is 0.358. The van der Waals surface area contributed by atoms with Crippen molar-refractivity contribution in [3.63, 3.8) is 0 Å². The van der Waals surface area contributed by atoms with Crippen molar-refractivity contribution in [2.75, 3.05) is 0 Å². The Morgan fingerprint density at radius 2 is 1.92 bits per heavy atom. The van der Waals surface area contributed by atoms with Crippen molar-refractivity contribution in [1.29, 1.82) is 0 Å². The Morgan fingerprint density at radius 3 is 2.25 bits per heavy atom. The Hall–Kier alpha value is -1.07. The lowest BCUT2D eigenvalue weighted by Crippen LogP contribution is -2.27. The number of halogens is 3. The van der Waals surface area contributed by atoms with Crippen LogP contribution in [0, 0.1) is 6.42 Å². The third-order valence-corrected chi connectivity index (χ3v) is 0.796. The van der Waals surface area contributed by atoms with Crippen LogP contribution in [0.3, 0.4) is 0 Å². The summed E-state index contributed by atoms with van der Waals surface area (Å²) in [5.74, 6) is -3.77. The van der Waals surface area contributed by atoms with E-state index in [4.69, 9.17) is 0 Å². The lowest BCUT2D eigenvalue weighted by atomic mass is 10.3. The minimum absolute atomic E-state index is 0.212. The molecule has 0 rings (SSSR count). The minimum Gasteiger partial charge on any atom is -0.386 e. The number of alkyl halides is 3. The molecule has 0 aliphatic heterocycles. The van der Waals surface area contributed by atoms with E-state index in [-0.39, 0.29) is 6.42 Å². The first-order chi connectivity index (χ1) is 5.38. The summed E-state index contributed by atoms with van der Waals surface area (Å²) in [7, 11) is 0. The van der Waals surface area contributed by atoms with Crippen LogP contribution in [0.2, 0.25) is 0 Å². The molecule has 1 radical (unpaired) electrons. The van der Waals surface area contributed by atoms with Crippen LogP contribution in [0.5, 0.6) is 0 Å². The maximum absolute atomic E-state index is 11.4. The lowest BCUT2D eigenvalue weighted by Gasteiger charge is -2.03. The average Bonchev–Trinajstić information content (AvgIpc) is 1.85. The number of carbonyl (C=O) groups is 2. The molecule has 0 aliphatic rings. The van der Waals surface area contributed by atoms with Crippen LogP contribution in [0.4, 0.5) is 13.2 Å². The van der Waals surface area contributed by atoms with Crippen molar-refractivity contribution in [3.05, 3.63) is 6.42 Å². The van der Waals surface area contributed by atoms with Crippen molar-refractivity contribution in [1.82, 2.24) is 0 Å². The zero-order chi connectivity index (χ0) is 9.78. The van der Waals surface area contributed by atoms with Gasteiger partial charge in [-0.15, -0.1) is 0 Å². The van der Waals surface area contributed by atoms with E-state index in [1.165, 1.54) is 6.92 Å². The van der Waals surface area contributed by atoms with Gasteiger partial charge in [-0.2, -0.15) is 13.2 Å². The van der Waals surface area contributed by atoms with Gasteiger partial charge in [0.05, 0.1) is 6.42 Å². The molecule has 0 saturated heterocycles. The Morgan fingerprint density at radius 1 is 1.42 bits per heavy atom. The highest BCUT2D eigenvalue weighted by molar-refractivity contribution is 5.92. The number of ether oxygens (including phenoxy) is 1. The molecule has 0 aromatic rings. The van der Waals surface area contributed by atoms with Gasteiger partial charge in [0.15, 0.2) is 0 Å². The van der Waals surface area contributed by atoms with Gasteiger partial charge in [-0.05, 0) is 6.42 Å². The van der Waals surface area contributed by atoms with Gasteiger partial charge in [0.25, 0.3) is 0 Å². The zero-order valence-electron chi connectivity index (χ0n) is 6.14. The Balaban J connectivity index is 3.94. The number of esters is 2. The first kappa shape index (κ1) is 10.9. The molecule has 0 amide bonds. The van der Waals surface area contributed by atoms with Gasteiger partial charge in [0.2, 0.25) is 0 Å². The van der Waals surface area contributed by atoms with Gasteiger partial charge >= 0.3 is 18.1 Å². The van der Waals surface area contributed by atoms with Crippen molar-refractivity contribution in [2.45, 2.75) is 19.5 Å². The number of hydrogen-bond acceptors (Lipinski definition) is 3. The van der Waals surface area contributed by atoms with Gasteiger partial charge in [-0.3, -0.25) is 4.79 Å². The smallest absolute Gasteiger partial charge is 0.386 e. The van der Waals surface area contributed by atoms with Crippen LogP contribution < -0.4 is 0 Å². The van der Waals surface area contributed by atoms with Crippen LogP contribution in [0.1, 0.15) is 13.3 Å². The minimum atomic E-state index is -5.11. The molecular weight excluding hydrogens is 177 g/mol. The fraction of sp³-hybridized carbons (Fsp3) is 0.500. The molecule has 0 saturated carbocycles. The zero-order valence-corrected chi connectivity index (χ0v) is 6.14. The largest absolute Gasteiger partial charge is 0.491 e. The summed E-state index contributed by atoms with van der Waals surface area (Å²) in [5.41, 5.74) is 0. The first-order valence-corrected chi connectivity index (χ1v) is 3.04. The normalized spacial score (nSPS) is 11.0. The third kappa shape index (κ3) is 3.95. The van der Waals surface area contributed by atoms with Crippen molar-refractivity contribution in [3.8, 4) is 0 Å². The monoisotopic (exact) mass is 183 g/mol. The molecule has 3 nitrogen and oxygen atoms in total. The molecule has 0 aromatic heterocycles. The maximum atomic E-state index is 11.4. The van der Waals surface area contributed by atoms with Gasteiger partial charge < -0.3 is 4.74 Å². The van der Waals surface area contributed by atoms with E-state index in [1.54, 1.807) is 0 Å². The standard InChI is InChI=1S/C6H6F3O3/c1-2-3-4(10)12-5(11)6(7,8)9/h3H,2H2,1H3. The highest BCUT2D eigenvalue weighted by atomic mass is 19.4. The molecule has 0 spiro atoms. The van der Waals surface area contributed by atoms with Crippen LogP contribution in [-0.4, -0.2) is 18.1 Å². The fourth-order valence-electron chi connectivity index (χ4n) is 0.358. The SMILES string of the molecule is CC[CH]C(=O)OC(=O)C(F)(F)F. The van der Waals surface area contributed by atoms with Gasteiger partial charge in [0.1, 0.15) is 0 Å². The summed E-state index contributed by atoms with van der Waals surface area (Å²) < 4.78 is 37.6. The third-order valence-electron chi connectivity index (χ3n) is 0.796. The van der Waals surface area contributed by atoms with E-state index >= 15 is 0 Å². The van der Waals surface area contributed by atoms with Crippen LogP contribution in [0.25, 0.3) is 0 Å². The summed E-state index contributed by atoms with van der Waals surface area (Å²) in [4.78, 5) is 20.3. The lowest BCUT2D eigenvalue weighted by molar-refractivity contribution is -0.200. The van der Waals surface area contributed by atoms with Crippen LogP contribution in [0.15, 0.2) is 0 Å². The molecule has 0 N–H and O–H groups in total. The summed E-state index contributed by atoms with van der Waals surface area (Å²) in [6.45, 7) is 1.53. The number of rotatable bonds is 2. The highest BCUT2D eigenvalue weighted by Gasteiger charge is 2.42. The Kier molecular flexibility index (Phi) is 3.72. The molecule has 0 atom stereocenters. The first-order valence-electron chi connectivity index (χ1n) is 3.04. The van der Waals surface area contributed by atoms with E-state index < -0.39 is 18.1 Å². The summed E-state index contributed by atoms with van der Waals surface area (Å²) >= 11 is 0. The topological polar surface area (TPSA) is 43.4 Å². The van der Waals surface area contributed by atoms with E-state index in [9.17, 15) is 22.8 Å². The summed E-state index contributed by atoms with van der Waals surface area (Å²) in [6.07, 6.45) is -4.06. The van der Waals surface area contributed by atoms with E-state index in [0.717, 1.165) is 6.42 Å². The molecule has 0 heterocycles. The predicted octanol–water partition coefficient (Wildman–Crippen LogP) is 1.23. The molecular formula is C6H6F3O3. The van der Waals surface area contributed by atoms with E-state index in [0.29, 0.717) is 0 Å². The number of carbonyl (C=O) groups excluding carboxylic acids is 2. The van der Waals surface area contributed by atoms with Gasteiger partial charge in [-0.25, -0.2) is 4.79 Å². The predicted molar refractivity (Wildman–Crippen MR) is 31.7 cm³/mol. The highest BCUT2D eigenvalue weighted by Crippen LogP contribution is 2.16. The molecule has 0 aliphatic carbocycles. The molecule has 69 valence electrons. The Bertz CT molecular complexity index is 185. The van der Waals surface area contributed by atoms with Crippen LogP contribution >= 0.6 is 0 Å². The summed E-state index contributed by atoms with van der Waals surface area (Å²) in [5, 5.41) is 0. The second kappa shape index (κ2) is 4.08. The molecule has 6 heteroatoms. The van der Waals surface area contributed by atoms with Crippen molar-refractivity contribution >= 4 is 11.9 Å². The molecule has 12 heavy (non-hydrogen) atoms. The van der Waals surface area contributed by atoms with E-state index in [2.05, 4.69) is 4.74 Å². The maximum Gasteiger partial charge on any atom is 0.491 e. The quantitative estimate of drug-likeness (QED) is 0.477. The second-order valence-corrected chi connectivity index (χ2v) is 1.82. The van der Waals surface area contributed by atoms with Gasteiger partial charge in [-0.1, -0.05) is 6.92 Å². The van der Waals surface area contributed by atoms with Gasteiger partial charge in [0, 0.05) is 0 Å². The summed E-state index contributed by atoms with van der Waals surface area (Å²) in [6, 6.07) is 0. The Labute approximate surface area is 66.5 Å². The second-order valence-electron chi connectivity index (χ2n) is 1.82. The molecule has 0 fully saturated rings. The average molecular weight is 183 g/mol.